The quantitative estimate of drug-likeness (QED) is 0.724. The van der Waals surface area contributed by atoms with E-state index in [0.717, 1.165) is 70.0 Å². The van der Waals surface area contributed by atoms with Gasteiger partial charge in [0.1, 0.15) is 0 Å². The Kier molecular flexibility index (Phi) is 7.49. The third-order valence-electron chi connectivity index (χ3n) is 6.10. The second-order valence-corrected chi connectivity index (χ2v) is 8.62. The number of carboxylic acid groups (broad SMARTS) is 1. The van der Waals surface area contributed by atoms with Crippen LogP contribution < -0.4 is 0 Å². The normalized spacial score (nSPS) is 22.9. The number of nitrogens with zero attached hydrogens (tertiary/aromatic N) is 2. The molecule has 1 aromatic rings. The molecule has 1 atom stereocenters. The van der Waals surface area contributed by atoms with E-state index in [1.807, 2.05) is 23.1 Å². The molecule has 172 valence electrons. The van der Waals surface area contributed by atoms with Crippen LogP contribution in [0.25, 0.3) is 0 Å². The molecule has 0 saturated carbocycles. The molecule has 3 heterocycles. The number of benzene rings is 1. The molecule has 1 aromatic carbocycles. The molecule has 3 saturated heterocycles. The van der Waals surface area contributed by atoms with Crippen molar-refractivity contribution in [3.05, 3.63) is 34.9 Å². The molecule has 0 radical (unpaired) electrons. The fourth-order valence-electron chi connectivity index (χ4n) is 4.48. The van der Waals surface area contributed by atoms with E-state index in [4.69, 9.17) is 26.2 Å². The topological polar surface area (TPSA) is 70.1 Å². The number of hydrogen-bond donors (Lipinski definition) is 1. The van der Waals surface area contributed by atoms with Crippen molar-refractivity contribution in [2.45, 2.75) is 44.0 Å². The molecular formula is C21H26ClF3N2O4. The lowest BCUT2D eigenvalue weighted by Crippen LogP contribution is -2.64. The van der Waals surface area contributed by atoms with Crippen LogP contribution in [0.1, 0.15) is 31.2 Å². The summed E-state index contributed by atoms with van der Waals surface area (Å²) in [5.74, 6) is -1.85. The van der Waals surface area contributed by atoms with Gasteiger partial charge in [-0.15, -0.1) is 0 Å². The second-order valence-electron chi connectivity index (χ2n) is 8.21. The number of halogens is 4. The summed E-state index contributed by atoms with van der Waals surface area (Å²) in [6.45, 7) is 5.56. The molecule has 1 N–H and O–H groups in total. The van der Waals surface area contributed by atoms with E-state index in [1.165, 1.54) is 5.56 Å². The molecule has 0 bridgehead atoms. The maximum atomic E-state index is 11.8. The van der Waals surface area contributed by atoms with Crippen LogP contribution in [-0.4, -0.2) is 71.3 Å². The number of hydrogen-bond acceptors (Lipinski definition) is 4. The van der Waals surface area contributed by atoms with Gasteiger partial charge in [-0.2, -0.15) is 13.2 Å². The lowest BCUT2D eigenvalue weighted by atomic mass is 9.78. The van der Waals surface area contributed by atoms with Gasteiger partial charge in [-0.25, -0.2) is 4.79 Å². The number of amides is 1. The molecule has 31 heavy (non-hydrogen) atoms. The molecule has 10 heteroatoms. The molecule has 3 fully saturated rings. The Bertz CT molecular complexity index is 799. The van der Waals surface area contributed by atoms with Crippen LogP contribution >= 0.6 is 11.6 Å². The van der Waals surface area contributed by atoms with E-state index >= 15 is 0 Å². The predicted octanol–water partition coefficient (Wildman–Crippen LogP) is 3.58. The van der Waals surface area contributed by atoms with Crippen molar-refractivity contribution in [3.8, 4) is 0 Å². The zero-order chi connectivity index (χ0) is 22.6. The standard InChI is InChI=1S/C19H25ClN2O2.C2HF3O2/c20-17-5-2-1-4-15(17)12-21-13-19(14-21)16(8-11-24-19)7-10-22-9-3-6-18(22)23;3-2(4,5)1(6)7/h1-2,4-5,16H,3,6-14H2;(H,6,7). The summed E-state index contributed by atoms with van der Waals surface area (Å²) in [5, 5.41) is 7.97. The number of ether oxygens (including phenoxy) is 1. The van der Waals surface area contributed by atoms with Crippen LogP contribution in [0.2, 0.25) is 5.02 Å². The van der Waals surface area contributed by atoms with Gasteiger partial charge in [0.2, 0.25) is 5.91 Å². The summed E-state index contributed by atoms with van der Waals surface area (Å²) in [7, 11) is 0. The van der Waals surface area contributed by atoms with Gasteiger partial charge in [-0.1, -0.05) is 29.8 Å². The third-order valence-corrected chi connectivity index (χ3v) is 6.46. The SMILES string of the molecule is O=C(O)C(F)(F)F.O=C1CCCN1CCC1CCOC12CN(Cc1ccccc1Cl)C2. The first kappa shape index (κ1) is 23.8. The fourth-order valence-corrected chi connectivity index (χ4v) is 4.68. The minimum atomic E-state index is -5.08. The number of likely N-dealkylation sites (tertiary alicyclic amines) is 2. The number of aliphatic carboxylic acids is 1. The van der Waals surface area contributed by atoms with E-state index in [0.29, 0.717) is 11.8 Å². The highest BCUT2D eigenvalue weighted by Gasteiger charge is 2.52. The maximum absolute atomic E-state index is 11.8. The first-order valence-electron chi connectivity index (χ1n) is 10.3. The molecule has 1 amide bonds. The zero-order valence-electron chi connectivity index (χ0n) is 17.0. The number of carboxylic acids is 1. The first-order valence-corrected chi connectivity index (χ1v) is 10.7. The molecule has 1 spiro atoms. The van der Waals surface area contributed by atoms with E-state index in [9.17, 15) is 18.0 Å². The van der Waals surface area contributed by atoms with Crippen LogP contribution in [0.5, 0.6) is 0 Å². The lowest BCUT2D eigenvalue weighted by Gasteiger charge is -2.50. The number of rotatable bonds is 5. The Morgan fingerprint density at radius 2 is 1.97 bits per heavy atom. The fraction of sp³-hybridized carbons (Fsp3) is 0.619. The largest absolute Gasteiger partial charge is 0.490 e. The van der Waals surface area contributed by atoms with E-state index in [1.54, 1.807) is 0 Å². The lowest BCUT2D eigenvalue weighted by molar-refractivity contribution is -0.192. The number of carbonyl (C=O) groups excluding carboxylic acids is 1. The Labute approximate surface area is 183 Å². The van der Waals surface area contributed by atoms with Crippen molar-refractivity contribution in [1.29, 1.82) is 0 Å². The van der Waals surface area contributed by atoms with Crippen LogP contribution in [0, 0.1) is 5.92 Å². The van der Waals surface area contributed by atoms with Gasteiger partial charge in [0.05, 0.1) is 5.60 Å². The number of alkyl halides is 3. The van der Waals surface area contributed by atoms with Gasteiger partial charge in [-0.3, -0.25) is 9.69 Å². The molecule has 0 aliphatic carbocycles. The van der Waals surface area contributed by atoms with Crippen LogP contribution in [0.3, 0.4) is 0 Å². The molecule has 6 nitrogen and oxygen atoms in total. The Balaban J connectivity index is 0.000000339. The van der Waals surface area contributed by atoms with Gasteiger partial charge < -0.3 is 14.7 Å². The van der Waals surface area contributed by atoms with Crippen molar-refractivity contribution in [3.63, 3.8) is 0 Å². The maximum Gasteiger partial charge on any atom is 0.490 e. The zero-order valence-corrected chi connectivity index (χ0v) is 17.8. The van der Waals surface area contributed by atoms with E-state index in [2.05, 4.69) is 11.0 Å². The number of carbonyl (C=O) groups is 2. The Morgan fingerprint density at radius 1 is 1.29 bits per heavy atom. The Hall–Kier alpha value is -1.84. The van der Waals surface area contributed by atoms with Crippen LogP contribution in [0.15, 0.2) is 24.3 Å². The summed E-state index contributed by atoms with van der Waals surface area (Å²) in [6.07, 6.45) is -1.12. The minimum Gasteiger partial charge on any atom is -0.475 e. The minimum absolute atomic E-state index is 0.0179. The summed E-state index contributed by atoms with van der Waals surface area (Å²) >= 11 is 6.27. The monoisotopic (exact) mass is 462 g/mol. The summed E-state index contributed by atoms with van der Waals surface area (Å²) < 4.78 is 37.9. The van der Waals surface area contributed by atoms with Gasteiger partial charge in [0.15, 0.2) is 0 Å². The van der Waals surface area contributed by atoms with Crippen molar-refractivity contribution < 1.29 is 32.6 Å². The van der Waals surface area contributed by atoms with Gasteiger partial charge in [-0.05, 0) is 36.8 Å². The van der Waals surface area contributed by atoms with Crippen molar-refractivity contribution in [2.24, 2.45) is 5.92 Å². The van der Waals surface area contributed by atoms with E-state index < -0.39 is 12.1 Å². The highest BCUT2D eigenvalue weighted by atomic mass is 35.5. The van der Waals surface area contributed by atoms with Crippen molar-refractivity contribution in [2.75, 3.05) is 32.8 Å². The molecule has 3 aliphatic rings. The molecule has 3 aliphatic heterocycles. The third kappa shape index (κ3) is 5.90. The molecule has 1 unspecified atom stereocenters. The first-order chi connectivity index (χ1) is 14.6. The average Bonchev–Trinajstić information content (AvgIpc) is 3.27. The second kappa shape index (κ2) is 9.75. The van der Waals surface area contributed by atoms with E-state index in [-0.39, 0.29) is 5.60 Å². The van der Waals surface area contributed by atoms with Gasteiger partial charge in [0, 0.05) is 50.8 Å². The Morgan fingerprint density at radius 3 is 2.55 bits per heavy atom. The highest BCUT2D eigenvalue weighted by molar-refractivity contribution is 6.31. The highest BCUT2D eigenvalue weighted by Crippen LogP contribution is 2.42. The summed E-state index contributed by atoms with van der Waals surface area (Å²) in [6, 6.07) is 8.06. The van der Waals surface area contributed by atoms with Gasteiger partial charge >= 0.3 is 12.1 Å². The van der Waals surface area contributed by atoms with Crippen LogP contribution in [0.4, 0.5) is 13.2 Å². The van der Waals surface area contributed by atoms with Crippen molar-refractivity contribution >= 4 is 23.5 Å². The molecular weight excluding hydrogens is 437 g/mol. The average molecular weight is 463 g/mol. The van der Waals surface area contributed by atoms with Crippen LogP contribution in [-0.2, 0) is 20.9 Å². The summed E-state index contributed by atoms with van der Waals surface area (Å²) in [4.78, 5) is 25.1. The predicted molar refractivity (Wildman–Crippen MR) is 108 cm³/mol. The van der Waals surface area contributed by atoms with Crippen molar-refractivity contribution in [1.82, 2.24) is 9.80 Å². The summed E-state index contributed by atoms with van der Waals surface area (Å²) in [5.41, 5.74) is 1.20. The smallest absolute Gasteiger partial charge is 0.475 e. The van der Waals surface area contributed by atoms with Gasteiger partial charge in [0.25, 0.3) is 0 Å². The molecule has 0 aromatic heterocycles. The molecule has 4 rings (SSSR count).